The molecule has 2 bridgehead atoms. The highest BCUT2D eigenvalue weighted by atomic mass is 79.9. The minimum absolute atomic E-state index is 0.0184. The molecule has 3 fully saturated rings. The monoisotopic (exact) mass is 306 g/mol. The minimum Gasteiger partial charge on any atom is -0.347 e. The van der Waals surface area contributed by atoms with Crippen LogP contribution in [0, 0.1) is 23.7 Å². The van der Waals surface area contributed by atoms with E-state index in [1.807, 2.05) is 12.1 Å². The van der Waals surface area contributed by atoms with E-state index in [4.69, 9.17) is 0 Å². The fraction of sp³-hybridized carbons (Fsp3) is 0.571. The van der Waals surface area contributed by atoms with E-state index in [1.165, 1.54) is 19.3 Å². The van der Waals surface area contributed by atoms with Gasteiger partial charge in [-0.25, -0.2) is 4.98 Å². The van der Waals surface area contributed by atoms with Gasteiger partial charge in [-0.05, 0) is 71.0 Å². The molecule has 4 heteroatoms. The number of carbonyl (C=O) groups excluding carboxylic acids is 1. The molecular weight excluding hydrogens is 292 g/mol. The van der Waals surface area contributed by atoms with Crippen LogP contribution in [0.2, 0.25) is 0 Å². The number of fused-ring (bicyclic) bond motifs is 5. The van der Waals surface area contributed by atoms with Gasteiger partial charge >= 0.3 is 0 Å². The fourth-order valence-corrected chi connectivity index (χ4v) is 4.62. The molecule has 0 spiro atoms. The third kappa shape index (κ3) is 1.54. The van der Waals surface area contributed by atoms with Crippen LogP contribution < -0.4 is 5.32 Å². The summed E-state index contributed by atoms with van der Waals surface area (Å²) in [5.41, 5.74) is 0.515. The molecule has 1 aromatic rings. The van der Waals surface area contributed by atoms with E-state index in [1.54, 1.807) is 6.07 Å². The zero-order valence-electron chi connectivity index (χ0n) is 9.97. The van der Waals surface area contributed by atoms with Crippen molar-refractivity contribution in [1.29, 1.82) is 0 Å². The number of aromatic nitrogens is 1. The predicted octanol–water partition coefficient (Wildman–Crippen LogP) is 2.62. The number of nitrogens with zero attached hydrogens (tertiary/aromatic N) is 1. The van der Waals surface area contributed by atoms with Crippen LogP contribution in [0.25, 0.3) is 0 Å². The van der Waals surface area contributed by atoms with Crippen LogP contribution in [-0.4, -0.2) is 16.9 Å². The van der Waals surface area contributed by atoms with Crippen LogP contribution in [0.4, 0.5) is 0 Å². The lowest BCUT2D eigenvalue weighted by atomic mass is 10.0. The molecule has 1 N–H and O–H groups in total. The van der Waals surface area contributed by atoms with Crippen molar-refractivity contribution in [3.63, 3.8) is 0 Å². The van der Waals surface area contributed by atoms with E-state index in [-0.39, 0.29) is 5.91 Å². The van der Waals surface area contributed by atoms with Crippen LogP contribution in [0.5, 0.6) is 0 Å². The summed E-state index contributed by atoms with van der Waals surface area (Å²) in [6.07, 6.45) is 4.18. The summed E-state index contributed by atoms with van der Waals surface area (Å²) in [7, 11) is 0. The van der Waals surface area contributed by atoms with Crippen LogP contribution in [0.15, 0.2) is 22.8 Å². The molecule has 1 heterocycles. The van der Waals surface area contributed by atoms with Gasteiger partial charge in [-0.15, -0.1) is 0 Å². The van der Waals surface area contributed by atoms with Gasteiger partial charge in [0.1, 0.15) is 10.3 Å². The highest BCUT2D eigenvalue weighted by molar-refractivity contribution is 9.10. The maximum absolute atomic E-state index is 12.1. The van der Waals surface area contributed by atoms with Crippen LogP contribution >= 0.6 is 15.9 Å². The molecule has 4 rings (SSSR count). The molecule has 3 nitrogen and oxygen atoms in total. The van der Waals surface area contributed by atoms with Gasteiger partial charge in [0.2, 0.25) is 0 Å². The normalized spacial score (nSPS) is 39.5. The molecule has 0 aromatic carbocycles. The molecule has 1 aromatic heterocycles. The molecule has 4 unspecified atom stereocenters. The third-order valence-corrected chi connectivity index (χ3v) is 5.42. The van der Waals surface area contributed by atoms with Crippen molar-refractivity contribution in [1.82, 2.24) is 10.3 Å². The number of hydrogen-bond donors (Lipinski definition) is 1. The van der Waals surface area contributed by atoms with Gasteiger partial charge in [0.05, 0.1) is 0 Å². The predicted molar refractivity (Wildman–Crippen MR) is 71.0 cm³/mol. The number of halogens is 1. The first-order valence-electron chi connectivity index (χ1n) is 6.67. The van der Waals surface area contributed by atoms with Gasteiger partial charge in [-0.3, -0.25) is 4.79 Å². The average Bonchev–Trinajstić information content (AvgIpc) is 2.77. The zero-order valence-corrected chi connectivity index (χ0v) is 11.6. The highest BCUT2D eigenvalue weighted by Gasteiger charge is 2.65. The van der Waals surface area contributed by atoms with Gasteiger partial charge in [0, 0.05) is 6.04 Å². The molecule has 94 valence electrons. The van der Waals surface area contributed by atoms with Gasteiger partial charge in [0.15, 0.2) is 0 Å². The first kappa shape index (κ1) is 11.0. The fourth-order valence-electron chi connectivity index (χ4n) is 4.28. The topological polar surface area (TPSA) is 42.0 Å². The largest absolute Gasteiger partial charge is 0.347 e. The van der Waals surface area contributed by atoms with Crippen LogP contribution in [0.1, 0.15) is 29.8 Å². The molecule has 1 amide bonds. The quantitative estimate of drug-likeness (QED) is 0.854. The van der Waals surface area contributed by atoms with Crippen molar-refractivity contribution in [3.05, 3.63) is 28.5 Å². The van der Waals surface area contributed by atoms with E-state index in [0.717, 1.165) is 23.7 Å². The Hall–Kier alpha value is -0.900. The molecule has 4 atom stereocenters. The lowest BCUT2D eigenvalue weighted by molar-refractivity contribution is 0.0939. The number of carbonyl (C=O) groups is 1. The van der Waals surface area contributed by atoms with Crippen molar-refractivity contribution in [2.24, 2.45) is 23.7 Å². The zero-order chi connectivity index (χ0) is 12.3. The standard InChI is InChI=1S/C14H15BrN2O/c15-10-3-1-2-9(16-10)14(18)17-13-11-7-4-5-8(6-7)12(11)13/h1-3,7-8,11-13H,4-6H2,(H,17,18). The Kier molecular flexibility index (Phi) is 2.31. The van der Waals surface area contributed by atoms with Crippen LogP contribution in [-0.2, 0) is 0 Å². The third-order valence-electron chi connectivity index (χ3n) is 4.98. The molecule has 0 saturated heterocycles. The van der Waals surface area contributed by atoms with Crippen molar-refractivity contribution >= 4 is 21.8 Å². The highest BCUT2D eigenvalue weighted by Crippen LogP contribution is 2.65. The molecule has 3 aliphatic carbocycles. The Morgan fingerprint density at radius 2 is 2.00 bits per heavy atom. The van der Waals surface area contributed by atoms with Gasteiger partial charge in [-0.2, -0.15) is 0 Å². The van der Waals surface area contributed by atoms with Crippen molar-refractivity contribution in [3.8, 4) is 0 Å². The summed E-state index contributed by atoms with van der Waals surface area (Å²) in [6.45, 7) is 0. The molecule has 0 aliphatic heterocycles. The second-order valence-electron chi connectivity index (χ2n) is 5.83. The average molecular weight is 307 g/mol. The van der Waals surface area contributed by atoms with Gasteiger partial charge in [-0.1, -0.05) is 6.07 Å². The lowest BCUT2D eigenvalue weighted by Gasteiger charge is -2.10. The van der Waals surface area contributed by atoms with Gasteiger partial charge < -0.3 is 5.32 Å². The first-order valence-corrected chi connectivity index (χ1v) is 7.47. The van der Waals surface area contributed by atoms with E-state index >= 15 is 0 Å². The van der Waals surface area contributed by atoms with E-state index in [0.29, 0.717) is 16.3 Å². The maximum atomic E-state index is 12.1. The Morgan fingerprint density at radius 1 is 1.28 bits per heavy atom. The Morgan fingerprint density at radius 3 is 2.67 bits per heavy atom. The summed E-state index contributed by atoms with van der Waals surface area (Å²) >= 11 is 3.30. The molecule has 18 heavy (non-hydrogen) atoms. The summed E-state index contributed by atoms with van der Waals surface area (Å²) in [5.74, 6) is 3.32. The Labute approximate surface area is 114 Å². The van der Waals surface area contributed by atoms with Crippen molar-refractivity contribution in [2.45, 2.75) is 25.3 Å². The SMILES string of the molecule is O=C(NC1C2C3CCC(C3)C12)c1cccc(Br)n1. The number of pyridine rings is 1. The molecule has 3 aliphatic rings. The number of amides is 1. The molecular formula is C14H15BrN2O. The second-order valence-corrected chi connectivity index (χ2v) is 6.65. The summed E-state index contributed by atoms with van der Waals surface area (Å²) in [6, 6.07) is 5.89. The molecule has 0 radical (unpaired) electrons. The van der Waals surface area contributed by atoms with Gasteiger partial charge in [0.25, 0.3) is 5.91 Å². The summed E-state index contributed by atoms with van der Waals surface area (Å²) < 4.78 is 0.714. The van der Waals surface area contributed by atoms with E-state index in [9.17, 15) is 4.79 Å². The lowest BCUT2D eigenvalue weighted by Crippen LogP contribution is -2.30. The summed E-state index contributed by atoms with van der Waals surface area (Å²) in [5, 5.41) is 3.18. The first-order chi connectivity index (χ1) is 8.74. The number of nitrogens with one attached hydrogen (secondary N) is 1. The summed E-state index contributed by atoms with van der Waals surface area (Å²) in [4.78, 5) is 16.3. The molecule has 3 saturated carbocycles. The minimum atomic E-state index is -0.0184. The van der Waals surface area contributed by atoms with Crippen molar-refractivity contribution < 1.29 is 4.79 Å². The Bertz CT molecular complexity index is 502. The van der Waals surface area contributed by atoms with Crippen LogP contribution in [0.3, 0.4) is 0 Å². The second kappa shape index (κ2) is 3.80. The van der Waals surface area contributed by atoms with Crippen molar-refractivity contribution in [2.75, 3.05) is 0 Å². The van der Waals surface area contributed by atoms with E-state index in [2.05, 4.69) is 26.2 Å². The number of rotatable bonds is 2. The number of hydrogen-bond acceptors (Lipinski definition) is 2. The smallest absolute Gasteiger partial charge is 0.270 e. The maximum Gasteiger partial charge on any atom is 0.270 e. The van der Waals surface area contributed by atoms with E-state index < -0.39 is 0 Å². The Balaban J connectivity index is 1.46.